The molecule has 1 aliphatic heterocycles. The van der Waals surface area contributed by atoms with Crippen LogP contribution in [-0.4, -0.2) is 46.7 Å². The number of benzene rings is 2. The van der Waals surface area contributed by atoms with Gasteiger partial charge in [0.1, 0.15) is 5.76 Å². The Kier molecular flexibility index (Phi) is 7.95. The molecule has 39 heavy (non-hydrogen) atoms. The number of anilines is 1. The number of allylic oxidation sites excluding steroid dienone is 1. The van der Waals surface area contributed by atoms with Crippen molar-refractivity contribution in [1.82, 2.24) is 15.8 Å². The Morgan fingerprint density at radius 1 is 1.18 bits per heavy atom. The van der Waals surface area contributed by atoms with E-state index in [2.05, 4.69) is 21.1 Å². The number of nitrogens with zero attached hydrogens (tertiary/aromatic N) is 2. The molecular weight excluding hydrogens is 514 g/mol. The quantitative estimate of drug-likeness (QED) is 0.374. The monoisotopic (exact) mass is 545 g/mol. The van der Waals surface area contributed by atoms with Gasteiger partial charge >= 0.3 is 0 Å². The molecule has 0 spiro atoms. The number of aliphatic imine (C=N–C) groups is 1. The van der Waals surface area contributed by atoms with Crippen molar-refractivity contribution >= 4 is 34.8 Å². The second-order valence-corrected chi connectivity index (χ2v) is 10.6. The van der Waals surface area contributed by atoms with E-state index >= 15 is 0 Å². The molecule has 8 nitrogen and oxygen atoms in total. The van der Waals surface area contributed by atoms with Crippen molar-refractivity contribution < 1.29 is 14.1 Å². The lowest BCUT2D eigenvalue weighted by molar-refractivity contribution is -0.120. The second kappa shape index (κ2) is 11.6. The number of carbonyl (C=O) groups is 2. The lowest BCUT2D eigenvalue weighted by Crippen LogP contribution is -2.40. The topological polar surface area (TPSA) is 109 Å². The summed E-state index contributed by atoms with van der Waals surface area (Å²) in [5.74, 6) is 0.451. The summed E-state index contributed by atoms with van der Waals surface area (Å²) in [6, 6.07) is 15.1. The Morgan fingerprint density at radius 3 is 2.67 bits per heavy atom. The Bertz CT molecular complexity index is 1430. The van der Waals surface area contributed by atoms with Gasteiger partial charge in [0.2, 0.25) is 5.91 Å². The lowest BCUT2D eigenvalue weighted by Gasteiger charge is -2.25. The van der Waals surface area contributed by atoms with Gasteiger partial charge in [-0.25, -0.2) is 0 Å². The number of para-hydroxylation sites is 1. The number of halogens is 1. The third-order valence-electron chi connectivity index (χ3n) is 7.17. The third kappa shape index (κ3) is 5.97. The first-order valence-corrected chi connectivity index (χ1v) is 13.6. The summed E-state index contributed by atoms with van der Waals surface area (Å²) in [5, 5.41) is 13.3. The maximum Gasteiger partial charge on any atom is 0.256 e. The predicted molar refractivity (Wildman–Crippen MR) is 153 cm³/mol. The summed E-state index contributed by atoms with van der Waals surface area (Å²) in [6.45, 7) is 6.25. The minimum atomic E-state index is -0.317. The van der Waals surface area contributed by atoms with E-state index in [4.69, 9.17) is 21.1 Å². The van der Waals surface area contributed by atoms with Crippen LogP contribution in [0.15, 0.2) is 70.2 Å². The van der Waals surface area contributed by atoms with Crippen LogP contribution in [0.25, 0.3) is 0 Å². The highest BCUT2D eigenvalue weighted by Gasteiger charge is 2.28. The zero-order chi connectivity index (χ0) is 27.5. The van der Waals surface area contributed by atoms with Gasteiger partial charge in [-0.1, -0.05) is 47.6 Å². The van der Waals surface area contributed by atoms with Gasteiger partial charge in [-0.2, -0.15) is 0 Å². The SMILES string of the molecule is Cc1noc(C)c1CC(=O)NC1C=CC(=NC(C)CNC2c3ccccc3NC(=O)c3ccccc32)C(Cl)C1. The van der Waals surface area contributed by atoms with E-state index < -0.39 is 0 Å². The summed E-state index contributed by atoms with van der Waals surface area (Å²) in [5.41, 5.74) is 5.74. The predicted octanol–water partition coefficient (Wildman–Crippen LogP) is 4.66. The van der Waals surface area contributed by atoms with Gasteiger partial charge in [-0.05, 0) is 56.5 Å². The molecule has 0 fully saturated rings. The van der Waals surface area contributed by atoms with Gasteiger partial charge in [0.25, 0.3) is 5.91 Å². The average Bonchev–Trinajstić information content (AvgIpc) is 3.16. The van der Waals surface area contributed by atoms with E-state index in [1.807, 2.05) is 74.5 Å². The van der Waals surface area contributed by atoms with Crippen molar-refractivity contribution in [3.05, 3.63) is 94.4 Å². The summed E-state index contributed by atoms with van der Waals surface area (Å²) in [7, 11) is 0. The maximum absolute atomic E-state index is 12.8. The molecule has 5 rings (SSSR count). The number of fused-ring (bicyclic) bond motifs is 2. The molecule has 0 saturated carbocycles. The van der Waals surface area contributed by atoms with Crippen molar-refractivity contribution in [2.45, 2.75) is 57.1 Å². The van der Waals surface area contributed by atoms with Crippen LogP contribution >= 0.6 is 11.6 Å². The Labute approximate surface area is 232 Å². The van der Waals surface area contributed by atoms with Gasteiger partial charge in [0, 0.05) is 29.4 Å². The normalized spacial score (nSPS) is 22.0. The molecule has 2 amide bonds. The molecule has 0 saturated heterocycles. The smallest absolute Gasteiger partial charge is 0.256 e. The Morgan fingerprint density at radius 2 is 1.92 bits per heavy atom. The van der Waals surface area contributed by atoms with Gasteiger partial charge in [0.05, 0.1) is 35.3 Å². The number of hydrogen-bond acceptors (Lipinski definition) is 6. The Balaban J connectivity index is 1.24. The van der Waals surface area contributed by atoms with Crippen molar-refractivity contribution in [3.8, 4) is 0 Å². The number of nitrogens with one attached hydrogen (secondary N) is 3. The fraction of sp³-hybridized carbons (Fsp3) is 0.333. The van der Waals surface area contributed by atoms with E-state index in [0.717, 1.165) is 33.8 Å². The van der Waals surface area contributed by atoms with Crippen LogP contribution in [0.5, 0.6) is 0 Å². The van der Waals surface area contributed by atoms with E-state index in [0.29, 0.717) is 24.3 Å². The average molecular weight is 546 g/mol. The number of aryl methyl sites for hydroxylation is 2. The summed E-state index contributed by atoms with van der Waals surface area (Å²) in [6.07, 6.45) is 4.62. The van der Waals surface area contributed by atoms with Gasteiger partial charge < -0.3 is 20.5 Å². The number of carbonyl (C=O) groups excluding carboxylic acids is 2. The van der Waals surface area contributed by atoms with Crippen LogP contribution < -0.4 is 16.0 Å². The number of rotatable bonds is 7. The minimum Gasteiger partial charge on any atom is -0.361 e. The van der Waals surface area contributed by atoms with Crippen molar-refractivity contribution in [2.75, 3.05) is 11.9 Å². The number of alkyl halides is 1. The van der Waals surface area contributed by atoms with E-state index in [1.165, 1.54) is 0 Å². The van der Waals surface area contributed by atoms with Crippen LogP contribution in [0.4, 0.5) is 5.69 Å². The zero-order valence-electron chi connectivity index (χ0n) is 22.2. The van der Waals surface area contributed by atoms with Crippen molar-refractivity contribution in [3.63, 3.8) is 0 Å². The molecular formula is C30H32ClN5O3. The maximum atomic E-state index is 12.8. The standard InChI is InChI=1S/C30H32ClN5O3/c1-17(16-32-29-21-8-4-5-9-22(21)30(38)35-26-11-7-6-10-23(26)29)33-27-13-12-20(14-25(27)31)34-28(37)15-24-18(2)36-39-19(24)3/h4-13,17,20,25,29,32H,14-16H2,1-3H3,(H,34,37)(H,35,38). The van der Waals surface area contributed by atoms with E-state index in [-0.39, 0.29) is 41.7 Å². The highest BCUT2D eigenvalue weighted by molar-refractivity contribution is 6.34. The molecule has 4 unspecified atom stereocenters. The van der Waals surface area contributed by atoms with Gasteiger partial charge in [-0.15, -0.1) is 11.6 Å². The molecule has 1 aliphatic carbocycles. The highest BCUT2D eigenvalue weighted by Crippen LogP contribution is 2.34. The van der Waals surface area contributed by atoms with Crippen LogP contribution in [-0.2, 0) is 11.2 Å². The summed E-state index contributed by atoms with van der Waals surface area (Å²) < 4.78 is 5.15. The highest BCUT2D eigenvalue weighted by atomic mass is 35.5. The molecule has 0 bridgehead atoms. The largest absolute Gasteiger partial charge is 0.361 e. The molecule has 2 aliphatic rings. The molecule has 2 heterocycles. The molecule has 9 heteroatoms. The van der Waals surface area contributed by atoms with Crippen LogP contribution in [0, 0.1) is 13.8 Å². The summed E-state index contributed by atoms with van der Waals surface area (Å²) >= 11 is 6.69. The number of aromatic nitrogens is 1. The molecule has 2 aromatic carbocycles. The first-order chi connectivity index (χ1) is 18.8. The van der Waals surface area contributed by atoms with Crippen LogP contribution in [0.3, 0.4) is 0 Å². The molecule has 4 atom stereocenters. The fourth-order valence-corrected chi connectivity index (χ4v) is 5.45. The van der Waals surface area contributed by atoms with Gasteiger partial charge in [0.15, 0.2) is 0 Å². The fourth-order valence-electron chi connectivity index (χ4n) is 5.13. The van der Waals surface area contributed by atoms with Crippen LogP contribution in [0.2, 0.25) is 0 Å². The van der Waals surface area contributed by atoms with Gasteiger partial charge in [-0.3, -0.25) is 14.6 Å². The summed E-state index contributed by atoms with van der Waals surface area (Å²) in [4.78, 5) is 30.3. The zero-order valence-corrected chi connectivity index (χ0v) is 23.0. The molecule has 202 valence electrons. The first kappa shape index (κ1) is 26.8. The Hall–Kier alpha value is -3.75. The third-order valence-corrected chi connectivity index (χ3v) is 7.57. The molecule has 3 N–H and O–H groups in total. The molecule has 0 radical (unpaired) electrons. The number of amides is 2. The van der Waals surface area contributed by atoms with Crippen molar-refractivity contribution in [2.24, 2.45) is 4.99 Å². The molecule has 3 aromatic rings. The van der Waals surface area contributed by atoms with Crippen molar-refractivity contribution in [1.29, 1.82) is 0 Å². The van der Waals surface area contributed by atoms with E-state index in [9.17, 15) is 9.59 Å². The van der Waals surface area contributed by atoms with E-state index in [1.54, 1.807) is 6.92 Å². The molecule has 1 aromatic heterocycles. The first-order valence-electron chi connectivity index (χ1n) is 13.1. The second-order valence-electron chi connectivity index (χ2n) is 10.1. The minimum absolute atomic E-state index is 0.0668. The van der Waals surface area contributed by atoms with Crippen LogP contribution in [0.1, 0.15) is 57.9 Å². The number of hydrogen-bond donors (Lipinski definition) is 3. The lowest BCUT2D eigenvalue weighted by atomic mass is 9.94.